The second-order valence-corrected chi connectivity index (χ2v) is 4.99. The first-order valence-corrected chi connectivity index (χ1v) is 6.90. The Balaban J connectivity index is 0.00000106. The van der Waals surface area contributed by atoms with E-state index in [1.807, 2.05) is 0 Å². The number of hydrogen-bond acceptors (Lipinski definition) is 1. The minimum absolute atomic E-state index is 0.418. The van der Waals surface area contributed by atoms with Crippen molar-refractivity contribution in [2.45, 2.75) is 58.8 Å². The highest BCUT2D eigenvalue weighted by Gasteiger charge is 2.23. The van der Waals surface area contributed by atoms with Gasteiger partial charge in [0.2, 0.25) is 0 Å². The van der Waals surface area contributed by atoms with E-state index < -0.39 is 0 Å². The van der Waals surface area contributed by atoms with Crippen LogP contribution < -0.4 is 0 Å². The van der Waals surface area contributed by atoms with E-state index in [9.17, 15) is 0 Å². The molecule has 96 valence electrons. The quantitative estimate of drug-likeness (QED) is 0.665. The average Bonchev–Trinajstić information content (AvgIpc) is 2.81. The van der Waals surface area contributed by atoms with Crippen molar-refractivity contribution in [1.29, 1.82) is 0 Å². The summed E-state index contributed by atoms with van der Waals surface area (Å²) in [5.74, 6) is 2.50. The minimum atomic E-state index is 0.418. The normalized spacial score (nSPS) is 24.2. The Morgan fingerprint density at radius 1 is 1.12 bits per heavy atom. The number of rotatable bonds is 6. The van der Waals surface area contributed by atoms with Crippen LogP contribution in [0.4, 0.5) is 0 Å². The lowest BCUT2D eigenvalue weighted by molar-refractivity contribution is 0.224. The molecule has 0 aliphatic heterocycles. The molecule has 1 aliphatic rings. The summed E-state index contributed by atoms with van der Waals surface area (Å²) in [5, 5.41) is 9.05. The molecule has 1 N–H and O–H groups in total. The van der Waals surface area contributed by atoms with E-state index in [-0.39, 0.29) is 0 Å². The highest BCUT2D eigenvalue weighted by Crippen LogP contribution is 2.34. The van der Waals surface area contributed by atoms with Crippen molar-refractivity contribution in [3.05, 3.63) is 13.2 Å². The molecular weight excluding hydrogens is 196 g/mol. The largest absolute Gasteiger partial charge is 0.396 e. The maximum atomic E-state index is 9.05. The number of hydrogen-bond donors (Lipinski definition) is 1. The first kappa shape index (κ1) is 15.7. The Kier molecular flexibility index (Phi) is 9.71. The molecule has 0 aromatic heterocycles. The van der Waals surface area contributed by atoms with E-state index in [2.05, 4.69) is 27.0 Å². The van der Waals surface area contributed by atoms with Crippen LogP contribution in [-0.2, 0) is 0 Å². The lowest BCUT2D eigenvalue weighted by atomic mass is 9.91. The van der Waals surface area contributed by atoms with Gasteiger partial charge in [0.15, 0.2) is 0 Å². The standard InChI is InChI=1S/C13H26O.C2H4/c1-3-11(4-2)5-6-12-7-8-13(9-12)10-14;1-2/h11-14H,3-10H2,1-2H3;1-2H2/t12-,13-;/m0./s1. The Morgan fingerprint density at radius 2 is 1.69 bits per heavy atom. The monoisotopic (exact) mass is 226 g/mol. The third-order valence-corrected chi connectivity index (χ3v) is 4.05. The maximum Gasteiger partial charge on any atom is 0.0459 e. The van der Waals surface area contributed by atoms with Gasteiger partial charge in [0, 0.05) is 6.61 Å². The molecule has 0 spiro atoms. The molecule has 16 heavy (non-hydrogen) atoms. The molecule has 0 saturated heterocycles. The van der Waals surface area contributed by atoms with Crippen molar-refractivity contribution >= 4 is 0 Å². The van der Waals surface area contributed by atoms with Crippen molar-refractivity contribution in [1.82, 2.24) is 0 Å². The fourth-order valence-electron chi connectivity index (χ4n) is 2.77. The van der Waals surface area contributed by atoms with Crippen molar-refractivity contribution in [3.8, 4) is 0 Å². The second kappa shape index (κ2) is 9.89. The summed E-state index contributed by atoms with van der Waals surface area (Å²) in [7, 11) is 0. The Hall–Kier alpha value is -0.300. The second-order valence-electron chi connectivity index (χ2n) is 4.99. The van der Waals surface area contributed by atoms with E-state index in [1.165, 1.54) is 44.9 Å². The van der Waals surface area contributed by atoms with Gasteiger partial charge in [0.1, 0.15) is 0 Å². The topological polar surface area (TPSA) is 20.2 Å². The van der Waals surface area contributed by atoms with E-state index in [1.54, 1.807) is 0 Å². The summed E-state index contributed by atoms with van der Waals surface area (Å²) in [4.78, 5) is 0. The van der Waals surface area contributed by atoms with Gasteiger partial charge in [-0.3, -0.25) is 0 Å². The van der Waals surface area contributed by atoms with Gasteiger partial charge in [0.05, 0.1) is 0 Å². The summed E-state index contributed by atoms with van der Waals surface area (Å²) in [5.41, 5.74) is 0. The van der Waals surface area contributed by atoms with Crippen LogP contribution in [0.25, 0.3) is 0 Å². The van der Waals surface area contributed by atoms with Crippen LogP contribution in [0.5, 0.6) is 0 Å². The maximum absolute atomic E-state index is 9.05. The molecule has 0 heterocycles. The molecule has 1 nitrogen and oxygen atoms in total. The van der Waals surface area contributed by atoms with Crippen LogP contribution in [0.1, 0.15) is 58.8 Å². The zero-order chi connectivity index (χ0) is 12.4. The number of aliphatic hydroxyl groups is 1. The van der Waals surface area contributed by atoms with Crippen LogP contribution in [0.3, 0.4) is 0 Å². The molecule has 2 atom stereocenters. The Bertz CT molecular complexity index is 152. The van der Waals surface area contributed by atoms with Gasteiger partial charge in [-0.15, -0.1) is 13.2 Å². The highest BCUT2D eigenvalue weighted by atomic mass is 16.3. The molecule has 0 bridgehead atoms. The van der Waals surface area contributed by atoms with E-state index in [0.29, 0.717) is 12.5 Å². The summed E-state index contributed by atoms with van der Waals surface area (Å²) < 4.78 is 0. The molecule has 1 aliphatic carbocycles. The van der Waals surface area contributed by atoms with E-state index in [4.69, 9.17) is 5.11 Å². The van der Waals surface area contributed by atoms with Gasteiger partial charge in [0.25, 0.3) is 0 Å². The fourth-order valence-corrected chi connectivity index (χ4v) is 2.77. The van der Waals surface area contributed by atoms with Crippen LogP contribution in [0.15, 0.2) is 13.2 Å². The van der Waals surface area contributed by atoms with Gasteiger partial charge in [-0.05, 0) is 30.6 Å². The molecule has 1 saturated carbocycles. The van der Waals surface area contributed by atoms with Gasteiger partial charge >= 0.3 is 0 Å². The molecule has 0 amide bonds. The average molecular weight is 226 g/mol. The summed E-state index contributed by atoms with van der Waals surface area (Å²) >= 11 is 0. The van der Waals surface area contributed by atoms with Crippen molar-refractivity contribution < 1.29 is 5.11 Å². The third kappa shape index (κ3) is 5.69. The SMILES string of the molecule is C=C.CCC(CC)CC[C@H]1CC[C@H](CO)C1. The fraction of sp³-hybridized carbons (Fsp3) is 0.867. The van der Waals surface area contributed by atoms with Crippen molar-refractivity contribution in [2.75, 3.05) is 6.61 Å². The zero-order valence-electron chi connectivity index (χ0n) is 11.3. The van der Waals surface area contributed by atoms with Crippen LogP contribution in [0, 0.1) is 17.8 Å². The molecule has 0 unspecified atom stereocenters. The number of aliphatic hydroxyl groups excluding tert-OH is 1. The van der Waals surface area contributed by atoms with Gasteiger partial charge in [-0.25, -0.2) is 0 Å². The summed E-state index contributed by atoms with van der Waals surface area (Å²) in [6.45, 7) is 11.0. The van der Waals surface area contributed by atoms with Crippen molar-refractivity contribution in [2.24, 2.45) is 17.8 Å². The summed E-state index contributed by atoms with van der Waals surface area (Å²) in [6.07, 6.45) is 9.42. The predicted molar refractivity (Wildman–Crippen MR) is 72.5 cm³/mol. The minimum Gasteiger partial charge on any atom is -0.396 e. The third-order valence-electron chi connectivity index (χ3n) is 4.05. The van der Waals surface area contributed by atoms with Gasteiger partial charge < -0.3 is 5.11 Å². The first-order valence-electron chi connectivity index (χ1n) is 6.90. The summed E-state index contributed by atoms with van der Waals surface area (Å²) in [6, 6.07) is 0. The molecular formula is C15H30O. The molecule has 1 rings (SSSR count). The highest BCUT2D eigenvalue weighted by molar-refractivity contribution is 4.75. The zero-order valence-corrected chi connectivity index (χ0v) is 11.3. The lowest BCUT2D eigenvalue weighted by Crippen LogP contribution is -2.04. The molecule has 0 radical (unpaired) electrons. The van der Waals surface area contributed by atoms with Gasteiger partial charge in [-0.1, -0.05) is 46.0 Å². The van der Waals surface area contributed by atoms with Crippen molar-refractivity contribution in [3.63, 3.8) is 0 Å². The predicted octanol–water partition coefficient (Wildman–Crippen LogP) is 4.41. The van der Waals surface area contributed by atoms with Crippen LogP contribution >= 0.6 is 0 Å². The lowest BCUT2D eigenvalue weighted by Gasteiger charge is -2.15. The molecule has 1 fully saturated rings. The first-order chi connectivity index (χ1) is 7.80. The van der Waals surface area contributed by atoms with Crippen LogP contribution in [0.2, 0.25) is 0 Å². The Labute approximate surface area is 102 Å². The van der Waals surface area contributed by atoms with E-state index in [0.717, 1.165) is 11.8 Å². The Morgan fingerprint density at radius 3 is 2.12 bits per heavy atom. The molecule has 0 aromatic carbocycles. The molecule has 0 aromatic rings. The smallest absolute Gasteiger partial charge is 0.0459 e. The van der Waals surface area contributed by atoms with Gasteiger partial charge in [-0.2, -0.15) is 0 Å². The van der Waals surface area contributed by atoms with E-state index >= 15 is 0 Å². The molecule has 1 heteroatoms. The van der Waals surface area contributed by atoms with Crippen LogP contribution in [-0.4, -0.2) is 11.7 Å².